The first-order valence-electron chi connectivity index (χ1n) is 21.9. The number of nitrogens with zero attached hydrogens (tertiary/aromatic N) is 2. The van der Waals surface area contributed by atoms with Gasteiger partial charge in [0.25, 0.3) is 0 Å². The van der Waals surface area contributed by atoms with E-state index in [9.17, 15) is 46.7 Å². The predicted octanol–water partition coefficient (Wildman–Crippen LogP) is 5.07. The molecular weight excluding hydrogens is 866 g/mol. The lowest BCUT2D eigenvalue weighted by molar-refractivity contribution is -0.236. The fourth-order valence-electron chi connectivity index (χ4n) is 9.24. The van der Waals surface area contributed by atoms with E-state index in [1.807, 2.05) is 13.8 Å². The normalized spacial score (nSPS) is 27.0. The van der Waals surface area contributed by atoms with Crippen LogP contribution in [0.25, 0.3) is 0 Å². The third kappa shape index (κ3) is 12.0. The summed E-state index contributed by atoms with van der Waals surface area (Å²) in [5, 5.41) is 14.0. The van der Waals surface area contributed by atoms with Gasteiger partial charge in [0.2, 0.25) is 41.4 Å². The van der Waals surface area contributed by atoms with E-state index < -0.39 is 94.6 Å². The van der Waals surface area contributed by atoms with Crippen LogP contribution in [0.4, 0.5) is 13.2 Å². The number of amides is 7. The van der Waals surface area contributed by atoms with Crippen LogP contribution in [-0.4, -0.2) is 114 Å². The van der Waals surface area contributed by atoms with E-state index in [-0.39, 0.29) is 63.3 Å². The first kappa shape index (κ1) is 51.5. The van der Waals surface area contributed by atoms with Gasteiger partial charge in [-0.25, -0.2) is 0 Å². The third-order valence-electron chi connectivity index (χ3n) is 13.0. The van der Waals surface area contributed by atoms with Crippen LogP contribution in [0.5, 0.6) is 0 Å². The SMILES string of the molecule is CC[C@H](NC(=O)C1(C(F)(F)F)CC2CCC1C2)C(=O)N[C@@H](CC)C(=O)N(C)[C@H]1CCCCNC(=O)C(C)(C)NC(=O)[C@H](Cc2cc(Cl)ccc2Cl)N(C)C(=O)[C@H](CC(C)C)NC1=O. The molecule has 352 valence electrons. The molecule has 14 nitrogen and oxygen atoms in total. The van der Waals surface area contributed by atoms with Crippen LogP contribution < -0.4 is 26.6 Å². The molecule has 1 heterocycles. The molecule has 1 aromatic carbocycles. The number of alkyl halides is 3. The molecule has 1 saturated heterocycles. The van der Waals surface area contributed by atoms with E-state index in [0.29, 0.717) is 41.3 Å². The number of halogens is 5. The zero-order valence-corrected chi connectivity index (χ0v) is 39.0. The van der Waals surface area contributed by atoms with Gasteiger partial charge in [-0.05, 0) is 113 Å². The number of rotatable bonds is 12. The molecule has 7 amide bonds. The molecular formula is C44H64Cl2F3N7O7. The van der Waals surface area contributed by atoms with Gasteiger partial charge in [-0.15, -0.1) is 0 Å². The van der Waals surface area contributed by atoms with Crippen molar-refractivity contribution in [1.29, 1.82) is 0 Å². The Hall–Kier alpha value is -4.12. The lowest BCUT2D eigenvalue weighted by atomic mass is 9.71. The second-order valence-electron chi connectivity index (χ2n) is 18.4. The highest BCUT2D eigenvalue weighted by Crippen LogP contribution is 2.62. The van der Waals surface area contributed by atoms with Crippen molar-refractivity contribution in [2.75, 3.05) is 20.6 Å². The number of benzene rings is 1. The summed E-state index contributed by atoms with van der Waals surface area (Å²) >= 11 is 12.8. The number of likely N-dealkylation sites (N-methyl/N-ethyl adjacent to an activating group) is 2. The second kappa shape index (κ2) is 21.2. The zero-order chi connectivity index (χ0) is 47.2. The molecule has 3 aliphatic rings. The van der Waals surface area contributed by atoms with Gasteiger partial charge in [-0.1, -0.05) is 57.3 Å². The van der Waals surface area contributed by atoms with Crippen LogP contribution in [0, 0.1) is 23.2 Å². The van der Waals surface area contributed by atoms with E-state index in [4.69, 9.17) is 23.2 Å². The fraction of sp³-hybridized carbons (Fsp3) is 0.705. The van der Waals surface area contributed by atoms with Crippen LogP contribution in [0.15, 0.2) is 18.2 Å². The molecule has 63 heavy (non-hydrogen) atoms. The van der Waals surface area contributed by atoms with Gasteiger partial charge in [0.05, 0.1) is 0 Å². The highest BCUT2D eigenvalue weighted by atomic mass is 35.5. The second-order valence-corrected chi connectivity index (χ2v) is 19.2. The summed E-state index contributed by atoms with van der Waals surface area (Å²) in [6, 6.07) is -1.47. The first-order chi connectivity index (χ1) is 29.4. The highest BCUT2D eigenvalue weighted by molar-refractivity contribution is 6.33. The highest BCUT2D eigenvalue weighted by Gasteiger charge is 2.69. The summed E-state index contributed by atoms with van der Waals surface area (Å²) in [4.78, 5) is 100.0. The zero-order valence-electron chi connectivity index (χ0n) is 37.5. The smallest absolute Gasteiger partial charge is 0.354 e. The van der Waals surface area contributed by atoms with Crippen LogP contribution >= 0.6 is 23.2 Å². The Bertz CT molecular complexity index is 1880. The van der Waals surface area contributed by atoms with Gasteiger partial charge in [0.15, 0.2) is 0 Å². The lowest BCUT2D eigenvalue weighted by Crippen LogP contribution is -2.62. The predicted molar refractivity (Wildman–Crippen MR) is 232 cm³/mol. The van der Waals surface area contributed by atoms with Crippen molar-refractivity contribution < 1.29 is 46.7 Å². The van der Waals surface area contributed by atoms with Crippen molar-refractivity contribution in [3.63, 3.8) is 0 Å². The lowest BCUT2D eigenvalue weighted by Gasteiger charge is -2.38. The number of hydrogen-bond acceptors (Lipinski definition) is 7. The maximum absolute atomic E-state index is 14.6. The van der Waals surface area contributed by atoms with E-state index >= 15 is 0 Å². The van der Waals surface area contributed by atoms with Gasteiger partial charge < -0.3 is 36.4 Å². The molecule has 2 saturated carbocycles. The molecule has 4 rings (SSSR count). The van der Waals surface area contributed by atoms with E-state index in [1.165, 1.54) is 37.7 Å². The van der Waals surface area contributed by atoms with Gasteiger partial charge >= 0.3 is 6.18 Å². The van der Waals surface area contributed by atoms with Crippen molar-refractivity contribution in [3.8, 4) is 0 Å². The molecule has 0 spiro atoms. The van der Waals surface area contributed by atoms with Crippen molar-refractivity contribution in [3.05, 3.63) is 33.8 Å². The summed E-state index contributed by atoms with van der Waals surface area (Å²) in [5.74, 6) is -6.44. The van der Waals surface area contributed by atoms with Crippen molar-refractivity contribution in [1.82, 2.24) is 36.4 Å². The number of hydrogen-bond donors (Lipinski definition) is 5. The number of fused-ring (bicyclic) bond motifs is 2. The number of carbonyl (C=O) groups excluding carboxylic acids is 7. The monoisotopic (exact) mass is 929 g/mol. The minimum Gasteiger partial charge on any atom is -0.354 e. The third-order valence-corrected chi connectivity index (χ3v) is 13.6. The van der Waals surface area contributed by atoms with Crippen LogP contribution in [0.3, 0.4) is 0 Å². The topological polar surface area (TPSA) is 186 Å². The molecule has 2 aliphatic carbocycles. The van der Waals surface area contributed by atoms with Crippen molar-refractivity contribution in [2.24, 2.45) is 23.2 Å². The molecule has 1 aromatic rings. The summed E-state index contributed by atoms with van der Waals surface area (Å²) < 4.78 is 43.7. The Morgan fingerprint density at radius 2 is 1.63 bits per heavy atom. The number of carbonyl (C=O) groups is 7. The summed E-state index contributed by atoms with van der Waals surface area (Å²) in [6.45, 7) is 10.1. The Labute approximate surface area is 378 Å². The molecule has 19 heteroatoms. The standard InChI is InChI=1S/C44H64Cl2F3N7O7/c1-9-30(53-41(63)43(44(47,48)49)23-25-14-15-27(43)20-25)35(57)51-31(10-2)38(60)55(7)33-13-11-12-18-50-40(62)42(5,6)54-37(59)34(22-26-21-28(45)16-17-29(26)46)56(8)39(61)32(19-24(3)4)52-36(33)58/h16-17,21,24-25,27,30-34H,9-15,18-20,22-23H2,1-8H3,(H,50,62)(H,51,57)(H,52,58)(H,53,63)(H,54,59)/t25?,27?,30-,31-,32-,33-,34-,43?/m0/s1. The average molecular weight is 931 g/mol. The van der Waals surface area contributed by atoms with Gasteiger partial charge in [0, 0.05) is 37.1 Å². The minimum atomic E-state index is -4.81. The molecule has 0 aromatic heterocycles. The van der Waals surface area contributed by atoms with Crippen molar-refractivity contribution >= 4 is 64.6 Å². The van der Waals surface area contributed by atoms with E-state index in [0.717, 1.165) is 0 Å². The molecule has 1 aliphatic heterocycles. The molecule has 0 radical (unpaired) electrons. The minimum absolute atomic E-state index is 0.0328. The Balaban J connectivity index is 1.60. The Kier molecular flexibility index (Phi) is 17.4. The maximum atomic E-state index is 14.6. The quantitative estimate of drug-likeness (QED) is 0.194. The Morgan fingerprint density at radius 1 is 0.968 bits per heavy atom. The molecule has 3 unspecified atom stereocenters. The van der Waals surface area contributed by atoms with Crippen LogP contribution in [-0.2, 0) is 40.0 Å². The van der Waals surface area contributed by atoms with Crippen LogP contribution in [0.2, 0.25) is 10.0 Å². The largest absolute Gasteiger partial charge is 0.403 e. The Morgan fingerprint density at radius 3 is 2.21 bits per heavy atom. The van der Waals surface area contributed by atoms with Crippen LogP contribution in [0.1, 0.15) is 111 Å². The first-order valence-corrected chi connectivity index (χ1v) is 22.7. The molecule has 5 N–H and O–H groups in total. The summed E-state index contributed by atoms with van der Waals surface area (Å²) in [7, 11) is 2.79. The maximum Gasteiger partial charge on any atom is 0.403 e. The van der Waals surface area contributed by atoms with E-state index in [1.54, 1.807) is 32.0 Å². The number of nitrogens with one attached hydrogen (secondary N) is 5. The summed E-state index contributed by atoms with van der Waals surface area (Å²) in [6.07, 6.45) is -3.12. The molecule has 3 fully saturated rings. The van der Waals surface area contributed by atoms with Gasteiger partial charge in [-0.3, -0.25) is 33.6 Å². The van der Waals surface area contributed by atoms with Crippen molar-refractivity contribution in [2.45, 2.75) is 154 Å². The van der Waals surface area contributed by atoms with E-state index in [2.05, 4.69) is 26.6 Å². The van der Waals surface area contributed by atoms with Gasteiger partial charge in [-0.2, -0.15) is 13.2 Å². The molecule has 2 bridgehead atoms. The molecule has 8 atom stereocenters. The van der Waals surface area contributed by atoms with Gasteiger partial charge in [0.1, 0.15) is 41.2 Å². The summed E-state index contributed by atoms with van der Waals surface area (Å²) in [5.41, 5.74) is -3.54. The average Bonchev–Trinajstić information content (AvgIpc) is 3.84. The fourth-order valence-corrected chi connectivity index (χ4v) is 9.63.